The van der Waals surface area contributed by atoms with Crippen LogP contribution in [-0.2, 0) is 81.0 Å². The molecule has 2 rings (SSSR count). The first-order valence-corrected chi connectivity index (χ1v) is 38.6. The summed E-state index contributed by atoms with van der Waals surface area (Å²) in [6.45, 7) is 9.85. The molecule has 0 radical (unpaired) electrons. The van der Waals surface area contributed by atoms with Crippen molar-refractivity contribution in [3.8, 4) is 11.5 Å². The van der Waals surface area contributed by atoms with Gasteiger partial charge in [0.1, 0.15) is 55.3 Å². The minimum Gasteiger partial charge on any atom is -0.494 e. The molecule has 0 fully saturated rings. The molecule has 0 unspecified atom stereocenters. The van der Waals surface area contributed by atoms with Gasteiger partial charge in [0.2, 0.25) is 23.6 Å². The number of unbranched alkanes of at least 4 members (excludes halogenated alkanes) is 14. The third-order valence-electron chi connectivity index (χ3n) is 17.2. The van der Waals surface area contributed by atoms with Crippen molar-refractivity contribution in [3.63, 3.8) is 0 Å². The molecule has 28 heteroatoms. The minimum absolute atomic E-state index is 0.00798. The van der Waals surface area contributed by atoms with Crippen molar-refractivity contribution in [1.82, 2.24) is 21.3 Å². The molecular weight excluding hydrogens is 1390 g/mol. The van der Waals surface area contributed by atoms with Crippen molar-refractivity contribution in [2.45, 2.75) is 206 Å². The van der Waals surface area contributed by atoms with E-state index in [2.05, 4.69) is 21.3 Å². The number of amides is 4. The zero-order valence-corrected chi connectivity index (χ0v) is 64.2. The highest BCUT2D eigenvalue weighted by molar-refractivity contribution is 5.94. The molecule has 0 aliphatic carbocycles. The monoisotopic (exact) mass is 1510 g/mol. The maximum absolute atomic E-state index is 13.7. The fourth-order valence-electron chi connectivity index (χ4n) is 10.8. The van der Waals surface area contributed by atoms with Gasteiger partial charge in [-0.25, -0.2) is 9.59 Å². The number of carbonyl (C=O) groups excluding carboxylic acids is 9. The lowest BCUT2D eigenvalue weighted by atomic mass is 9.82. The summed E-state index contributed by atoms with van der Waals surface area (Å²) in [4.78, 5) is 135. The number of nitrogens with two attached hydrogens (primary N) is 1. The number of nitrogens with one attached hydrogen (secondary N) is 4. The van der Waals surface area contributed by atoms with E-state index in [1.165, 1.54) is 31.2 Å². The van der Waals surface area contributed by atoms with Crippen LogP contribution in [-0.4, -0.2) is 225 Å². The second kappa shape index (κ2) is 63.7. The van der Waals surface area contributed by atoms with Crippen LogP contribution in [0.25, 0.3) is 0 Å². The summed E-state index contributed by atoms with van der Waals surface area (Å²) in [7, 11) is 0. The third-order valence-corrected chi connectivity index (χ3v) is 17.2. The quantitative estimate of drug-likeness (QED) is 0.0304. The Hall–Kier alpha value is -7.15. The Labute approximate surface area is 633 Å². The van der Waals surface area contributed by atoms with Gasteiger partial charge in [-0.15, -0.1) is 0 Å². The van der Waals surface area contributed by atoms with E-state index in [0.29, 0.717) is 148 Å². The Bertz CT molecular complexity index is 2780. The van der Waals surface area contributed by atoms with Gasteiger partial charge < -0.3 is 84.6 Å². The Kier molecular flexibility index (Phi) is 57.1. The van der Waals surface area contributed by atoms with Gasteiger partial charge in [0.25, 0.3) is 0 Å². The number of Topliss-reactive ketones (excluding diaryl/α,β-unsaturated/α-hetero) is 5. The van der Waals surface area contributed by atoms with E-state index in [-0.39, 0.29) is 162 Å². The van der Waals surface area contributed by atoms with E-state index in [1.807, 2.05) is 0 Å². The molecule has 0 aliphatic heterocycles. The summed E-state index contributed by atoms with van der Waals surface area (Å²) in [5, 5.41) is 29.1. The number of aromatic carboxylic acids is 2. The fourth-order valence-corrected chi connectivity index (χ4v) is 10.8. The molecule has 2 atom stereocenters. The molecular formula is C79H127N5O23. The zero-order valence-electron chi connectivity index (χ0n) is 64.2. The van der Waals surface area contributed by atoms with Crippen molar-refractivity contribution in [2.75, 3.05) is 145 Å². The number of carbonyl (C=O) groups is 11. The summed E-state index contributed by atoms with van der Waals surface area (Å²) >= 11 is 0. The Morgan fingerprint density at radius 1 is 0.355 bits per heavy atom. The zero-order chi connectivity index (χ0) is 78.2. The second-order valence-corrected chi connectivity index (χ2v) is 27.2. The maximum Gasteiger partial charge on any atom is 0.335 e. The molecule has 4 amide bonds. The highest BCUT2D eigenvalue weighted by atomic mass is 16.5. The van der Waals surface area contributed by atoms with E-state index in [9.17, 15) is 52.7 Å². The molecule has 0 bridgehead atoms. The molecule has 0 aromatic heterocycles. The normalized spacial score (nSPS) is 11.9. The van der Waals surface area contributed by atoms with Crippen LogP contribution in [0.15, 0.2) is 48.5 Å². The molecule has 0 spiro atoms. The van der Waals surface area contributed by atoms with Crippen LogP contribution < -0.4 is 36.5 Å². The number of hydrogen-bond donors (Lipinski definition) is 7. The Morgan fingerprint density at radius 2 is 0.710 bits per heavy atom. The number of ether oxygens (including phenoxy) is 10. The number of rotatable bonds is 75. The average Bonchev–Trinajstić information content (AvgIpc) is 0.781. The van der Waals surface area contributed by atoms with Crippen LogP contribution in [0.4, 0.5) is 0 Å². The van der Waals surface area contributed by atoms with Crippen molar-refractivity contribution >= 4 is 64.5 Å². The lowest BCUT2D eigenvalue weighted by molar-refractivity contribution is -0.132. The first kappa shape index (κ1) is 95.9. The summed E-state index contributed by atoms with van der Waals surface area (Å²) < 4.78 is 55.0. The maximum atomic E-state index is 13.7. The molecule has 2 aromatic rings. The van der Waals surface area contributed by atoms with Crippen LogP contribution in [0.5, 0.6) is 11.5 Å². The number of ketones is 5. The predicted octanol–water partition coefficient (Wildman–Crippen LogP) is 8.90. The Balaban J connectivity index is 1.39. The molecule has 0 heterocycles. The molecule has 0 aliphatic rings. The van der Waals surface area contributed by atoms with E-state index >= 15 is 0 Å². The van der Waals surface area contributed by atoms with Crippen LogP contribution >= 0.6 is 0 Å². The topological polar surface area (TPSA) is 395 Å². The largest absolute Gasteiger partial charge is 0.494 e. The first-order chi connectivity index (χ1) is 51.6. The average molecular weight is 1510 g/mol. The highest BCUT2D eigenvalue weighted by Gasteiger charge is 2.31. The highest BCUT2D eigenvalue weighted by Crippen LogP contribution is 2.25. The van der Waals surface area contributed by atoms with Gasteiger partial charge in [-0.05, 0) is 134 Å². The van der Waals surface area contributed by atoms with E-state index in [4.69, 9.17) is 63.3 Å². The molecule has 28 nitrogen and oxygen atoms in total. The SMILES string of the molecule is CC(=O)[C@H](CCCCNC(=O)COCCOCCNC(=O)COCCOCCCC(=O)CCCCCCCCCOc1ccc(C(=O)O)cc1)CC(=O)[C@H](CCCCNC(=O)COCCOCCCC(=O)COCCOCCNC(=O)CCCCCCCCCOc1ccc(C(=O)O)cc1)CC(=O)C(C)(C)N. The van der Waals surface area contributed by atoms with Gasteiger partial charge in [0, 0.05) is 89.8 Å². The molecule has 107 heavy (non-hydrogen) atoms. The van der Waals surface area contributed by atoms with Crippen LogP contribution in [0, 0.1) is 11.8 Å². The minimum atomic E-state index is -1.15. The molecule has 0 saturated carbocycles. The lowest BCUT2D eigenvalue weighted by Gasteiger charge is -2.23. The van der Waals surface area contributed by atoms with Gasteiger partial charge in [-0.3, -0.25) is 43.2 Å². The van der Waals surface area contributed by atoms with Crippen molar-refractivity contribution in [3.05, 3.63) is 59.7 Å². The number of carboxylic acids is 2. The summed E-state index contributed by atoms with van der Waals surface area (Å²) in [6.07, 6.45) is 20.1. The van der Waals surface area contributed by atoms with E-state index < -0.39 is 29.3 Å². The van der Waals surface area contributed by atoms with Crippen LogP contribution in [0.2, 0.25) is 0 Å². The molecule has 606 valence electrons. The van der Waals surface area contributed by atoms with Crippen molar-refractivity contribution in [2.24, 2.45) is 17.6 Å². The second-order valence-electron chi connectivity index (χ2n) is 27.2. The fraction of sp³-hybridized carbons (Fsp3) is 0.709. The third kappa shape index (κ3) is 55.8. The lowest BCUT2D eigenvalue weighted by Crippen LogP contribution is -2.43. The van der Waals surface area contributed by atoms with E-state index in [0.717, 1.165) is 89.9 Å². The van der Waals surface area contributed by atoms with Gasteiger partial charge in [0.15, 0.2) is 11.6 Å². The standard InChI is InChI=1S/C79H127N5O23/c1-62(85)65(24-16-18-38-81-75(92)60-105-55-51-101-47-41-84-76(93)61-104-54-48-98-42-22-27-67(86)26-14-10-6-4-8-12-20-44-106-69-34-30-63(31-35-69)77(94)95)56-71(88)66(57-72(89)79(2,3)80)25-17-19-39-82-74(91)59-103-53-49-99-43-23-28-68(87)58-102-52-50-100-46-40-83-73(90)29-15-11-7-5-9-13-21-45-107-70-36-32-64(33-37-70)78(96)97/h30-37,65-66H,4-29,38-61,80H2,1-3H3,(H,81,92)(H,82,91)(H,83,90)(H,84,93)(H,94,95)(H,96,97)/t65-,66-/m1/s1. The number of hydrogen-bond acceptors (Lipinski definition) is 22. The van der Waals surface area contributed by atoms with Crippen molar-refractivity contribution < 1.29 is 110 Å². The summed E-state index contributed by atoms with van der Waals surface area (Å²) in [6, 6.07) is 12.8. The summed E-state index contributed by atoms with van der Waals surface area (Å²) in [5.41, 5.74) is 5.41. The molecule has 2 aromatic carbocycles. The van der Waals surface area contributed by atoms with Gasteiger partial charge in [-0.1, -0.05) is 77.0 Å². The van der Waals surface area contributed by atoms with Gasteiger partial charge >= 0.3 is 11.9 Å². The predicted molar refractivity (Wildman–Crippen MR) is 402 cm³/mol. The van der Waals surface area contributed by atoms with Gasteiger partial charge in [-0.2, -0.15) is 0 Å². The molecule has 8 N–H and O–H groups in total. The van der Waals surface area contributed by atoms with Crippen LogP contribution in [0.3, 0.4) is 0 Å². The van der Waals surface area contributed by atoms with E-state index in [1.54, 1.807) is 38.1 Å². The van der Waals surface area contributed by atoms with Crippen LogP contribution in [0.1, 0.15) is 221 Å². The molecule has 0 saturated heterocycles. The first-order valence-electron chi connectivity index (χ1n) is 38.6. The smallest absolute Gasteiger partial charge is 0.335 e. The summed E-state index contributed by atoms with van der Waals surface area (Å²) in [5.74, 6) is -3.16. The van der Waals surface area contributed by atoms with Gasteiger partial charge in [0.05, 0.1) is 95.9 Å². The Morgan fingerprint density at radius 3 is 1.14 bits per heavy atom. The van der Waals surface area contributed by atoms with Crippen molar-refractivity contribution in [1.29, 1.82) is 0 Å². The number of carboxylic acid groups (broad SMARTS) is 2. The number of benzene rings is 2.